The molecule has 0 saturated carbocycles. The summed E-state index contributed by atoms with van der Waals surface area (Å²) in [6.45, 7) is 8.29. The predicted octanol–water partition coefficient (Wildman–Crippen LogP) is 3.05. The van der Waals surface area contributed by atoms with Gasteiger partial charge in [-0.25, -0.2) is 0 Å². The Morgan fingerprint density at radius 1 is 1.23 bits per heavy atom. The monoisotopic (exact) mass is 173 g/mol. The van der Waals surface area contributed by atoms with Crippen molar-refractivity contribution in [2.45, 2.75) is 34.1 Å². The largest absolute Gasteiger partial charge is 0.192 e. The van der Waals surface area contributed by atoms with Crippen molar-refractivity contribution in [2.75, 3.05) is 0 Å². The second-order valence-corrected chi connectivity index (χ2v) is 3.45. The molecule has 0 aromatic heterocycles. The molecule has 0 spiro atoms. The molecule has 0 amide bonds. The van der Waals surface area contributed by atoms with E-state index in [4.69, 9.17) is 5.26 Å². The van der Waals surface area contributed by atoms with Gasteiger partial charge in [-0.1, -0.05) is 13.0 Å². The molecular formula is C12H15N. The van der Waals surface area contributed by atoms with Gasteiger partial charge in [0.05, 0.1) is 11.6 Å². The lowest BCUT2D eigenvalue weighted by atomic mass is 9.93. The topological polar surface area (TPSA) is 23.8 Å². The number of hydrogen-bond acceptors (Lipinski definition) is 1. The summed E-state index contributed by atoms with van der Waals surface area (Å²) in [6, 6.07) is 4.37. The van der Waals surface area contributed by atoms with Crippen LogP contribution in [0.4, 0.5) is 0 Å². The molecule has 1 aromatic carbocycles. The maximum absolute atomic E-state index is 9.00. The lowest BCUT2D eigenvalue weighted by Crippen LogP contribution is -1.98. The van der Waals surface area contributed by atoms with Crippen molar-refractivity contribution in [3.05, 3.63) is 33.9 Å². The van der Waals surface area contributed by atoms with Crippen LogP contribution in [0.5, 0.6) is 0 Å². The summed E-state index contributed by atoms with van der Waals surface area (Å²) in [4.78, 5) is 0. The van der Waals surface area contributed by atoms with Gasteiger partial charge < -0.3 is 0 Å². The average Bonchev–Trinajstić information content (AvgIpc) is 2.10. The fourth-order valence-corrected chi connectivity index (χ4v) is 1.77. The summed E-state index contributed by atoms with van der Waals surface area (Å²) < 4.78 is 0. The molecule has 13 heavy (non-hydrogen) atoms. The Balaban J connectivity index is 3.53. The molecule has 0 heterocycles. The van der Waals surface area contributed by atoms with E-state index in [0.29, 0.717) is 0 Å². The van der Waals surface area contributed by atoms with Crippen molar-refractivity contribution in [2.24, 2.45) is 0 Å². The van der Waals surface area contributed by atoms with Crippen LogP contribution in [0.1, 0.15) is 34.7 Å². The summed E-state index contributed by atoms with van der Waals surface area (Å²) in [5.41, 5.74) is 5.73. The van der Waals surface area contributed by atoms with Crippen molar-refractivity contribution in [3.8, 4) is 6.07 Å². The molecule has 0 aliphatic rings. The van der Waals surface area contributed by atoms with Gasteiger partial charge in [0, 0.05) is 0 Å². The van der Waals surface area contributed by atoms with E-state index in [2.05, 4.69) is 32.9 Å². The third-order valence-corrected chi connectivity index (χ3v) is 2.64. The van der Waals surface area contributed by atoms with Crippen molar-refractivity contribution in [1.82, 2.24) is 0 Å². The Hall–Kier alpha value is -1.29. The zero-order chi connectivity index (χ0) is 10.0. The molecule has 68 valence electrons. The highest BCUT2D eigenvalue weighted by Gasteiger charge is 2.08. The lowest BCUT2D eigenvalue weighted by molar-refractivity contribution is 1.07. The van der Waals surface area contributed by atoms with E-state index < -0.39 is 0 Å². The number of rotatable bonds is 1. The molecule has 1 aromatic rings. The zero-order valence-corrected chi connectivity index (χ0v) is 8.73. The van der Waals surface area contributed by atoms with Crippen LogP contribution >= 0.6 is 0 Å². The minimum absolute atomic E-state index is 0.866. The minimum Gasteiger partial charge on any atom is -0.192 e. The standard InChI is InChI=1S/C12H15N/c1-5-11-10(4)8(2)6-9(3)12(11)7-13/h6H,5H2,1-4H3. The maximum atomic E-state index is 9.00. The van der Waals surface area contributed by atoms with E-state index in [0.717, 1.165) is 17.5 Å². The molecule has 1 rings (SSSR count). The van der Waals surface area contributed by atoms with E-state index in [1.54, 1.807) is 0 Å². The molecule has 0 aliphatic heterocycles. The maximum Gasteiger partial charge on any atom is 0.0997 e. The summed E-state index contributed by atoms with van der Waals surface area (Å²) in [5.74, 6) is 0. The number of aryl methyl sites for hydroxylation is 2. The van der Waals surface area contributed by atoms with E-state index in [1.165, 1.54) is 16.7 Å². The van der Waals surface area contributed by atoms with Crippen LogP contribution in [0.25, 0.3) is 0 Å². The zero-order valence-electron chi connectivity index (χ0n) is 8.73. The Labute approximate surface area is 80.0 Å². The second-order valence-electron chi connectivity index (χ2n) is 3.45. The molecule has 0 atom stereocenters. The van der Waals surface area contributed by atoms with Crippen LogP contribution in [-0.2, 0) is 6.42 Å². The molecule has 0 saturated heterocycles. The fourth-order valence-electron chi connectivity index (χ4n) is 1.77. The first-order valence-electron chi connectivity index (χ1n) is 4.61. The lowest BCUT2D eigenvalue weighted by Gasteiger charge is -2.11. The number of nitrogens with zero attached hydrogens (tertiary/aromatic N) is 1. The molecule has 0 unspecified atom stereocenters. The average molecular weight is 173 g/mol. The van der Waals surface area contributed by atoms with Crippen LogP contribution in [0.2, 0.25) is 0 Å². The smallest absolute Gasteiger partial charge is 0.0997 e. The van der Waals surface area contributed by atoms with E-state index in [1.807, 2.05) is 6.92 Å². The molecule has 1 nitrogen and oxygen atoms in total. The van der Waals surface area contributed by atoms with Crippen molar-refractivity contribution in [3.63, 3.8) is 0 Å². The van der Waals surface area contributed by atoms with Gasteiger partial charge in [-0.15, -0.1) is 0 Å². The SMILES string of the molecule is CCc1c(C)c(C)cc(C)c1C#N. The van der Waals surface area contributed by atoms with Gasteiger partial charge in [-0.3, -0.25) is 0 Å². The summed E-state index contributed by atoms with van der Waals surface area (Å²) in [6.07, 6.45) is 0.942. The Morgan fingerprint density at radius 3 is 2.31 bits per heavy atom. The van der Waals surface area contributed by atoms with E-state index in [-0.39, 0.29) is 0 Å². The number of benzene rings is 1. The first-order valence-corrected chi connectivity index (χ1v) is 4.61. The van der Waals surface area contributed by atoms with Crippen LogP contribution in [0.15, 0.2) is 6.07 Å². The Kier molecular flexibility index (Phi) is 2.72. The van der Waals surface area contributed by atoms with Crippen molar-refractivity contribution >= 4 is 0 Å². The van der Waals surface area contributed by atoms with Crippen LogP contribution in [0.3, 0.4) is 0 Å². The highest BCUT2D eigenvalue weighted by Crippen LogP contribution is 2.21. The van der Waals surface area contributed by atoms with Gasteiger partial charge in [0.2, 0.25) is 0 Å². The molecule has 0 bridgehead atoms. The third-order valence-electron chi connectivity index (χ3n) is 2.64. The highest BCUT2D eigenvalue weighted by molar-refractivity contribution is 5.50. The number of nitriles is 1. The van der Waals surface area contributed by atoms with Crippen LogP contribution in [0, 0.1) is 32.1 Å². The van der Waals surface area contributed by atoms with Gasteiger partial charge >= 0.3 is 0 Å². The summed E-state index contributed by atoms with van der Waals surface area (Å²) in [5, 5.41) is 9.00. The second kappa shape index (κ2) is 3.62. The Morgan fingerprint density at radius 2 is 1.85 bits per heavy atom. The molecule has 0 fully saturated rings. The number of hydrogen-bond donors (Lipinski definition) is 0. The Bertz CT molecular complexity index is 370. The molecule has 0 N–H and O–H groups in total. The predicted molar refractivity (Wildman–Crippen MR) is 54.7 cm³/mol. The highest BCUT2D eigenvalue weighted by atomic mass is 14.3. The van der Waals surface area contributed by atoms with Crippen molar-refractivity contribution < 1.29 is 0 Å². The normalized spacial score (nSPS) is 9.77. The fraction of sp³-hybridized carbons (Fsp3) is 0.417. The molecule has 0 aliphatic carbocycles. The first kappa shape index (κ1) is 9.80. The van der Waals surface area contributed by atoms with Gasteiger partial charge in [-0.2, -0.15) is 5.26 Å². The summed E-state index contributed by atoms with van der Waals surface area (Å²) >= 11 is 0. The minimum atomic E-state index is 0.866. The van der Waals surface area contributed by atoms with Gasteiger partial charge in [0.25, 0.3) is 0 Å². The van der Waals surface area contributed by atoms with Crippen molar-refractivity contribution in [1.29, 1.82) is 5.26 Å². The van der Waals surface area contributed by atoms with Gasteiger partial charge in [0.1, 0.15) is 0 Å². The van der Waals surface area contributed by atoms with Crippen LogP contribution in [-0.4, -0.2) is 0 Å². The third kappa shape index (κ3) is 1.58. The van der Waals surface area contributed by atoms with Crippen LogP contribution < -0.4 is 0 Å². The van der Waals surface area contributed by atoms with Gasteiger partial charge in [-0.05, 0) is 49.4 Å². The molecule has 0 radical (unpaired) electrons. The summed E-state index contributed by atoms with van der Waals surface area (Å²) in [7, 11) is 0. The molecule has 1 heteroatoms. The van der Waals surface area contributed by atoms with E-state index >= 15 is 0 Å². The first-order chi connectivity index (χ1) is 6.11. The molecular weight excluding hydrogens is 158 g/mol. The van der Waals surface area contributed by atoms with E-state index in [9.17, 15) is 0 Å². The quantitative estimate of drug-likeness (QED) is 0.640. The van der Waals surface area contributed by atoms with Gasteiger partial charge in [0.15, 0.2) is 0 Å².